The fraction of sp³-hybridized carbons (Fsp3) is 0.440. The molecule has 1 atom stereocenters. The van der Waals surface area contributed by atoms with Crippen molar-refractivity contribution in [1.29, 1.82) is 0 Å². The van der Waals surface area contributed by atoms with Crippen LogP contribution in [0.5, 0.6) is 0 Å². The second-order valence-corrected chi connectivity index (χ2v) is 12.3. The summed E-state index contributed by atoms with van der Waals surface area (Å²) in [7, 11) is -3.81. The van der Waals surface area contributed by atoms with E-state index in [1.165, 1.54) is 11.0 Å². The Balaban J connectivity index is 1.90. The zero-order valence-electron chi connectivity index (χ0n) is 20.1. The third kappa shape index (κ3) is 7.44. The van der Waals surface area contributed by atoms with Crippen LogP contribution in [0.2, 0.25) is 5.02 Å². The molecule has 0 bridgehead atoms. The normalized spacial score (nSPS) is 15.0. The molecule has 35 heavy (non-hydrogen) atoms. The van der Waals surface area contributed by atoms with Gasteiger partial charge in [-0.25, -0.2) is 8.42 Å². The monoisotopic (exact) mass is 583 g/mol. The highest BCUT2D eigenvalue weighted by Crippen LogP contribution is 2.27. The predicted octanol–water partition coefficient (Wildman–Crippen LogP) is 4.65. The number of nitrogens with one attached hydrogen (secondary N) is 1. The van der Waals surface area contributed by atoms with Crippen molar-refractivity contribution in [1.82, 2.24) is 10.2 Å². The van der Waals surface area contributed by atoms with E-state index in [1.807, 2.05) is 24.3 Å². The molecule has 1 N–H and O–H groups in total. The molecule has 1 aliphatic carbocycles. The van der Waals surface area contributed by atoms with Crippen LogP contribution in [0.3, 0.4) is 0 Å². The van der Waals surface area contributed by atoms with Gasteiger partial charge in [-0.15, -0.1) is 0 Å². The van der Waals surface area contributed by atoms with Gasteiger partial charge in [0.2, 0.25) is 21.8 Å². The van der Waals surface area contributed by atoms with Crippen LogP contribution >= 0.6 is 27.5 Å². The van der Waals surface area contributed by atoms with Crippen LogP contribution in [0.15, 0.2) is 46.9 Å². The van der Waals surface area contributed by atoms with Gasteiger partial charge in [0.15, 0.2) is 0 Å². The molecule has 190 valence electrons. The van der Waals surface area contributed by atoms with Crippen LogP contribution in [0.25, 0.3) is 0 Å². The van der Waals surface area contributed by atoms with Crippen molar-refractivity contribution in [3.05, 3.63) is 63.1 Å². The average molecular weight is 585 g/mol. The molecule has 2 aromatic carbocycles. The Morgan fingerprint density at radius 1 is 1.14 bits per heavy atom. The fourth-order valence-electron chi connectivity index (χ4n) is 4.21. The lowest BCUT2D eigenvalue weighted by Crippen LogP contribution is -2.52. The Bertz CT molecular complexity index is 1170. The highest BCUT2D eigenvalue weighted by molar-refractivity contribution is 9.10. The van der Waals surface area contributed by atoms with E-state index in [9.17, 15) is 18.0 Å². The van der Waals surface area contributed by atoms with Gasteiger partial charge in [-0.05, 0) is 62.1 Å². The van der Waals surface area contributed by atoms with Gasteiger partial charge in [-0.3, -0.25) is 13.9 Å². The first-order valence-electron chi connectivity index (χ1n) is 11.5. The summed E-state index contributed by atoms with van der Waals surface area (Å²) in [5.74, 6) is -0.723. The minimum Gasteiger partial charge on any atom is -0.352 e. The number of amides is 2. The molecule has 0 heterocycles. The van der Waals surface area contributed by atoms with Crippen LogP contribution in [0, 0.1) is 6.92 Å². The number of carbonyl (C=O) groups excluding carboxylic acids is 2. The molecular formula is C25H31BrClN3O4S. The van der Waals surface area contributed by atoms with Crippen molar-refractivity contribution in [3.63, 3.8) is 0 Å². The molecule has 0 saturated heterocycles. The largest absolute Gasteiger partial charge is 0.352 e. The summed E-state index contributed by atoms with van der Waals surface area (Å²) >= 11 is 9.54. The maximum atomic E-state index is 13.6. The number of hydrogen-bond acceptors (Lipinski definition) is 4. The van der Waals surface area contributed by atoms with Crippen LogP contribution in [-0.4, -0.2) is 50.0 Å². The van der Waals surface area contributed by atoms with E-state index >= 15 is 0 Å². The molecule has 1 aliphatic rings. The van der Waals surface area contributed by atoms with E-state index in [4.69, 9.17) is 11.6 Å². The summed E-state index contributed by atoms with van der Waals surface area (Å²) in [6, 6.07) is 11.7. The number of benzene rings is 2. The Kier molecular flexibility index (Phi) is 9.23. The molecule has 2 aromatic rings. The highest BCUT2D eigenvalue weighted by atomic mass is 79.9. The lowest BCUT2D eigenvalue weighted by molar-refractivity contribution is -0.139. The van der Waals surface area contributed by atoms with E-state index in [0.29, 0.717) is 16.3 Å². The molecule has 1 saturated carbocycles. The van der Waals surface area contributed by atoms with Gasteiger partial charge in [0.25, 0.3) is 0 Å². The molecule has 1 unspecified atom stereocenters. The van der Waals surface area contributed by atoms with E-state index in [0.717, 1.165) is 46.3 Å². The molecule has 7 nitrogen and oxygen atoms in total. The summed E-state index contributed by atoms with van der Waals surface area (Å²) in [4.78, 5) is 28.1. The molecule has 3 rings (SSSR count). The first-order valence-corrected chi connectivity index (χ1v) is 14.6. The van der Waals surface area contributed by atoms with Gasteiger partial charge in [-0.1, -0.05) is 58.6 Å². The topological polar surface area (TPSA) is 86.8 Å². The standard InChI is InChI=1S/C25H31BrClN3O4S/c1-17-8-13-21(27)14-23(17)30(35(3,33)34)16-24(31)29(15-19-9-11-20(26)12-10-19)18(2)25(32)28-22-6-4-5-7-22/h8-14,18,22H,4-7,15-16H2,1-3H3,(H,28,32). The second-order valence-electron chi connectivity index (χ2n) is 9.01. The third-order valence-electron chi connectivity index (χ3n) is 6.25. The molecule has 0 radical (unpaired) electrons. The number of hydrogen-bond donors (Lipinski definition) is 1. The first-order chi connectivity index (χ1) is 16.5. The fourth-order valence-corrected chi connectivity index (χ4v) is 5.54. The number of anilines is 1. The van der Waals surface area contributed by atoms with Crippen LogP contribution in [0.4, 0.5) is 5.69 Å². The summed E-state index contributed by atoms with van der Waals surface area (Å²) in [5.41, 5.74) is 1.83. The second kappa shape index (κ2) is 11.8. The van der Waals surface area contributed by atoms with Gasteiger partial charge in [0, 0.05) is 22.1 Å². The van der Waals surface area contributed by atoms with Gasteiger partial charge < -0.3 is 10.2 Å². The predicted molar refractivity (Wildman–Crippen MR) is 143 cm³/mol. The van der Waals surface area contributed by atoms with Crippen molar-refractivity contribution in [2.45, 2.75) is 58.2 Å². The number of aryl methyl sites for hydroxylation is 1. The molecule has 0 aliphatic heterocycles. The van der Waals surface area contributed by atoms with Gasteiger partial charge in [0.1, 0.15) is 12.6 Å². The van der Waals surface area contributed by atoms with E-state index in [2.05, 4.69) is 21.2 Å². The van der Waals surface area contributed by atoms with E-state index in [1.54, 1.807) is 26.0 Å². The number of carbonyl (C=O) groups is 2. The molecule has 1 fully saturated rings. The smallest absolute Gasteiger partial charge is 0.244 e. The number of rotatable bonds is 9. The van der Waals surface area contributed by atoms with Crippen molar-refractivity contribution >= 4 is 55.1 Å². The van der Waals surface area contributed by atoms with E-state index < -0.39 is 28.5 Å². The maximum absolute atomic E-state index is 13.6. The van der Waals surface area contributed by atoms with Crippen LogP contribution in [-0.2, 0) is 26.2 Å². The highest BCUT2D eigenvalue weighted by Gasteiger charge is 2.31. The Morgan fingerprint density at radius 3 is 2.37 bits per heavy atom. The zero-order valence-corrected chi connectivity index (χ0v) is 23.3. The summed E-state index contributed by atoms with van der Waals surface area (Å²) < 4.78 is 27.4. The molecular weight excluding hydrogens is 554 g/mol. The van der Waals surface area contributed by atoms with Gasteiger partial charge in [-0.2, -0.15) is 0 Å². The quantitative estimate of drug-likeness (QED) is 0.465. The van der Waals surface area contributed by atoms with Crippen molar-refractivity contribution in [2.75, 3.05) is 17.1 Å². The summed E-state index contributed by atoms with van der Waals surface area (Å²) in [5, 5.41) is 3.41. The first kappa shape index (κ1) is 27.5. The maximum Gasteiger partial charge on any atom is 0.244 e. The molecule has 2 amide bonds. The van der Waals surface area contributed by atoms with E-state index in [-0.39, 0.29) is 18.5 Å². The summed E-state index contributed by atoms with van der Waals surface area (Å²) in [6.45, 7) is 3.15. The minimum absolute atomic E-state index is 0.108. The number of sulfonamides is 1. The lowest BCUT2D eigenvalue weighted by atomic mass is 10.1. The van der Waals surface area contributed by atoms with Crippen molar-refractivity contribution in [3.8, 4) is 0 Å². The minimum atomic E-state index is -3.81. The average Bonchev–Trinajstić information content (AvgIpc) is 3.30. The van der Waals surface area contributed by atoms with Crippen molar-refractivity contribution < 1.29 is 18.0 Å². The molecule has 0 spiro atoms. The molecule has 0 aromatic heterocycles. The van der Waals surface area contributed by atoms with Gasteiger partial charge >= 0.3 is 0 Å². The number of nitrogens with zero attached hydrogens (tertiary/aromatic N) is 2. The number of halogens is 2. The van der Waals surface area contributed by atoms with Crippen LogP contribution in [0.1, 0.15) is 43.7 Å². The zero-order chi connectivity index (χ0) is 25.8. The third-order valence-corrected chi connectivity index (χ3v) is 8.14. The Hall–Kier alpha value is -2.10. The summed E-state index contributed by atoms with van der Waals surface area (Å²) in [6.07, 6.45) is 5.05. The molecule has 10 heteroatoms. The SMILES string of the molecule is Cc1ccc(Cl)cc1N(CC(=O)N(Cc1ccc(Br)cc1)C(C)C(=O)NC1CCCC1)S(C)(=O)=O. The Labute approximate surface area is 221 Å². The Morgan fingerprint density at radius 2 is 1.77 bits per heavy atom. The lowest BCUT2D eigenvalue weighted by Gasteiger charge is -2.32. The van der Waals surface area contributed by atoms with Crippen LogP contribution < -0.4 is 9.62 Å². The van der Waals surface area contributed by atoms with Crippen molar-refractivity contribution in [2.24, 2.45) is 0 Å². The van der Waals surface area contributed by atoms with Gasteiger partial charge in [0.05, 0.1) is 11.9 Å².